The van der Waals surface area contributed by atoms with E-state index in [0.717, 1.165) is 5.56 Å². The van der Waals surface area contributed by atoms with Gasteiger partial charge in [0.15, 0.2) is 5.11 Å². The lowest BCUT2D eigenvalue weighted by Gasteiger charge is -2.29. The maximum absolute atomic E-state index is 12.8. The molecule has 0 spiro atoms. The number of amides is 2. The van der Waals surface area contributed by atoms with Crippen LogP contribution < -0.4 is 10.2 Å². The second-order valence-corrected chi connectivity index (χ2v) is 7.57. The monoisotopic (exact) mass is 396 g/mol. The van der Waals surface area contributed by atoms with E-state index in [1.165, 1.54) is 22.3 Å². The fourth-order valence-electron chi connectivity index (χ4n) is 2.16. The zero-order valence-electron chi connectivity index (χ0n) is 12.3. The highest BCUT2D eigenvalue weighted by Crippen LogP contribution is 2.28. The van der Waals surface area contributed by atoms with Crippen LogP contribution in [0.4, 0.5) is 5.69 Å². The minimum atomic E-state index is -0.538. The van der Waals surface area contributed by atoms with Gasteiger partial charge >= 0.3 is 0 Å². The molecule has 0 unspecified atom stereocenters. The van der Waals surface area contributed by atoms with Crippen molar-refractivity contribution >= 4 is 75.4 Å². The molecule has 1 aliphatic rings. The normalized spacial score (nSPS) is 16.7. The van der Waals surface area contributed by atoms with Gasteiger partial charge < -0.3 is 0 Å². The Balaban J connectivity index is 2.02. The Morgan fingerprint density at radius 2 is 1.96 bits per heavy atom. The standard InChI is InChI=1S/C16H10Cl2N2O2S2/c1-8-2-3-9(6-12(8)17)20-15(22)11(14(21)19-16(20)23)7-10-4-5-13(18)24-10/h2-7H,1H3,(H,19,21,23)/b11-7+. The van der Waals surface area contributed by atoms with Crippen LogP contribution in [0.5, 0.6) is 0 Å². The lowest BCUT2D eigenvalue weighted by Crippen LogP contribution is -2.54. The highest BCUT2D eigenvalue weighted by atomic mass is 35.5. The van der Waals surface area contributed by atoms with E-state index in [4.69, 9.17) is 35.4 Å². The summed E-state index contributed by atoms with van der Waals surface area (Å²) >= 11 is 18.4. The maximum atomic E-state index is 12.8. The topological polar surface area (TPSA) is 49.4 Å². The van der Waals surface area contributed by atoms with Crippen LogP contribution in [0.15, 0.2) is 35.9 Å². The van der Waals surface area contributed by atoms with Crippen molar-refractivity contribution in [2.24, 2.45) is 0 Å². The molecule has 2 aromatic rings. The zero-order chi connectivity index (χ0) is 17.4. The van der Waals surface area contributed by atoms with E-state index < -0.39 is 11.8 Å². The lowest BCUT2D eigenvalue weighted by atomic mass is 10.1. The first kappa shape index (κ1) is 17.1. The molecular formula is C16H10Cl2N2O2S2. The summed E-state index contributed by atoms with van der Waals surface area (Å²) in [5, 5.41) is 3.06. The second-order valence-electron chi connectivity index (χ2n) is 5.03. The number of halogens is 2. The largest absolute Gasteiger partial charge is 0.298 e. The van der Waals surface area contributed by atoms with Crippen molar-refractivity contribution in [3.63, 3.8) is 0 Å². The van der Waals surface area contributed by atoms with Gasteiger partial charge in [0.05, 0.1) is 10.0 Å². The molecule has 1 N–H and O–H groups in total. The second kappa shape index (κ2) is 6.64. The summed E-state index contributed by atoms with van der Waals surface area (Å²) in [6.45, 7) is 1.86. The lowest BCUT2D eigenvalue weighted by molar-refractivity contribution is -0.122. The minimum absolute atomic E-state index is 0.0150. The van der Waals surface area contributed by atoms with Gasteiger partial charge in [-0.05, 0) is 55.0 Å². The van der Waals surface area contributed by atoms with Gasteiger partial charge in [0.1, 0.15) is 5.57 Å². The Morgan fingerprint density at radius 1 is 1.21 bits per heavy atom. The number of nitrogens with one attached hydrogen (secondary N) is 1. The van der Waals surface area contributed by atoms with Gasteiger partial charge in [0, 0.05) is 9.90 Å². The highest BCUT2D eigenvalue weighted by molar-refractivity contribution is 7.80. The number of thiophene rings is 1. The Kier molecular flexibility index (Phi) is 4.73. The number of thiocarbonyl (C=S) groups is 1. The van der Waals surface area contributed by atoms with Crippen molar-refractivity contribution < 1.29 is 9.59 Å². The van der Waals surface area contributed by atoms with Gasteiger partial charge in [0.25, 0.3) is 11.8 Å². The van der Waals surface area contributed by atoms with Crippen molar-refractivity contribution in [3.05, 3.63) is 55.7 Å². The third kappa shape index (κ3) is 3.23. The molecule has 1 aliphatic heterocycles. The molecule has 0 atom stereocenters. The summed E-state index contributed by atoms with van der Waals surface area (Å²) in [5.41, 5.74) is 1.36. The summed E-state index contributed by atoms with van der Waals surface area (Å²) in [4.78, 5) is 26.9. The van der Waals surface area contributed by atoms with Crippen molar-refractivity contribution in [1.82, 2.24) is 5.32 Å². The number of hydrogen-bond donors (Lipinski definition) is 1. The number of hydrogen-bond acceptors (Lipinski definition) is 4. The number of carbonyl (C=O) groups excluding carboxylic acids is 2. The molecule has 122 valence electrons. The number of aryl methyl sites for hydroxylation is 1. The first-order valence-electron chi connectivity index (χ1n) is 6.80. The summed E-state index contributed by atoms with van der Waals surface area (Å²) < 4.78 is 0.572. The summed E-state index contributed by atoms with van der Waals surface area (Å²) in [6, 6.07) is 8.58. The molecule has 1 aromatic carbocycles. The van der Waals surface area contributed by atoms with Crippen molar-refractivity contribution in [3.8, 4) is 0 Å². The van der Waals surface area contributed by atoms with Gasteiger partial charge in [-0.1, -0.05) is 29.3 Å². The molecule has 0 bridgehead atoms. The highest BCUT2D eigenvalue weighted by Gasteiger charge is 2.34. The molecule has 1 fully saturated rings. The Morgan fingerprint density at radius 3 is 2.58 bits per heavy atom. The van der Waals surface area contributed by atoms with E-state index in [9.17, 15) is 9.59 Å². The van der Waals surface area contributed by atoms with E-state index in [2.05, 4.69) is 5.32 Å². The minimum Gasteiger partial charge on any atom is -0.298 e. The first-order chi connectivity index (χ1) is 11.4. The first-order valence-corrected chi connectivity index (χ1v) is 8.78. The molecule has 0 saturated carbocycles. The van der Waals surface area contributed by atoms with Crippen LogP contribution in [-0.2, 0) is 9.59 Å². The van der Waals surface area contributed by atoms with Crippen LogP contribution in [0.2, 0.25) is 9.36 Å². The summed E-state index contributed by atoms with van der Waals surface area (Å²) in [6.07, 6.45) is 1.50. The van der Waals surface area contributed by atoms with E-state index in [0.29, 0.717) is 19.9 Å². The van der Waals surface area contributed by atoms with E-state index in [-0.39, 0.29) is 10.7 Å². The Hall–Kier alpha value is -1.73. The molecule has 24 heavy (non-hydrogen) atoms. The van der Waals surface area contributed by atoms with E-state index in [1.807, 2.05) is 6.92 Å². The smallest absolute Gasteiger partial charge is 0.270 e. The summed E-state index contributed by atoms with van der Waals surface area (Å²) in [5.74, 6) is -1.04. The Bertz CT molecular complexity index is 905. The quantitative estimate of drug-likeness (QED) is 0.470. The molecule has 1 saturated heterocycles. The predicted molar refractivity (Wildman–Crippen MR) is 102 cm³/mol. The van der Waals surface area contributed by atoms with Gasteiger partial charge in [0.2, 0.25) is 0 Å². The number of rotatable bonds is 2. The fraction of sp³-hybridized carbons (Fsp3) is 0.0625. The van der Waals surface area contributed by atoms with Crippen LogP contribution in [0.1, 0.15) is 10.4 Å². The van der Waals surface area contributed by atoms with E-state index >= 15 is 0 Å². The van der Waals surface area contributed by atoms with Crippen LogP contribution >= 0.6 is 46.8 Å². The van der Waals surface area contributed by atoms with Crippen LogP contribution in [0, 0.1) is 6.92 Å². The number of nitrogens with zero attached hydrogens (tertiary/aromatic N) is 1. The molecule has 8 heteroatoms. The maximum Gasteiger partial charge on any atom is 0.270 e. The van der Waals surface area contributed by atoms with Crippen molar-refractivity contribution in [1.29, 1.82) is 0 Å². The average molecular weight is 397 g/mol. The van der Waals surface area contributed by atoms with Crippen molar-refractivity contribution in [2.75, 3.05) is 4.90 Å². The summed E-state index contributed by atoms with van der Waals surface area (Å²) in [7, 11) is 0. The van der Waals surface area contributed by atoms with Crippen LogP contribution in [0.3, 0.4) is 0 Å². The Labute approximate surface area is 157 Å². The van der Waals surface area contributed by atoms with Crippen molar-refractivity contribution in [2.45, 2.75) is 6.92 Å². The SMILES string of the molecule is Cc1ccc(N2C(=O)/C(=C/c3ccc(Cl)s3)C(=O)NC2=S)cc1Cl. The number of carbonyl (C=O) groups is 2. The molecule has 0 aliphatic carbocycles. The molecule has 2 amide bonds. The molecule has 1 aromatic heterocycles. The van der Waals surface area contributed by atoms with Gasteiger partial charge in [-0.2, -0.15) is 0 Å². The zero-order valence-corrected chi connectivity index (χ0v) is 15.4. The third-order valence-electron chi connectivity index (χ3n) is 3.40. The van der Waals surface area contributed by atoms with Gasteiger partial charge in [-0.15, -0.1) is 11.3 Å². The molecular weight excluding hydrogens is 387 g/mol. The van der Waals surface area contributed by atoms with E-state index in [1.54, 1.807) is 30.3 Å². The third-order valence-corrected chi connectivity index (χ3v) is 5.27. The van der Waals surface area contributed by atoms with Crippen LogP contribution in [0.25, 0.3) is 6.08 Å². The number of benzene rings is 1. The van der Waals surface area contributed by atoms with Gasteiger partial charge in [-0.3, -0.25) is 19.8 Å². The van der Waals surface area contributed by atoms with Crippen LogP contribution in [-0.4, -0.2) is 16.9 Å². The molecule has 4 nitrogen and oxygen atoms in total. The number of anilines is 1. The average Bonchev–Trinajstić information content (AvgIpc) is 2.92. The predicted octanol–water partition coefficient (Wildman–Crippen LogP) is 4.19. The molecule has 3 rings (SSSR count). The fourth-order valence-corrected chi connectivity index (χ4v) is 3.62. The van der Waals surface area contributed by atoms with Gasteiger partial charge in [-0.25, -0.2) is 0 Å². The molecule has 0 radical (unpaired) electrons. The molecule has 2 heterocycles.